The van der Waals surface area contributed by atoms with Crippen LogP contribution in [0.4, 0.5) is 5.82 Å². The lowest BCUT2D eigenvalue weighted by Gasteiger charge is -2.08. The van der Waals surface area contributed by atoms with Gasteiger partial charge in [-0.25, -0.2) is 4.98 Å². The summed E-state index contributed by atoms with van der Waals surface area (Å²) >= 11 is 0. The highest BCUT2D eigenvalue weighted by Crippen LogP contribution is 2.17. The van der Waals surface area contributed by atoms with Gasteiger partial charge in [0.1, 0.15) is 12.1 Å². The zero-order chi connectivity index (χ0) is 12.3. The molecule has 0 fully saturated rings. The molecule has 2 aromatic rings. The molecule has 2 aromatic heterocycles. The van der Waals surface area contributed by atoms with Gasteiger partial charge in [-0.2, -0.15) is 14.6 Å². The van der Waals surface area contributed by atoms with Crippen LogP contribution in [0.3, 0.4) is 0 Å². The molecule has 5 heteroatoms. The van der Waals surface area contributed by atoms with Crippen molar-refractivity contribution in [2.24, 2.45) is 0 Å². The molecule has 17 heavy (non-hydrogen) atoms. The molecule has 5 nitrogen and oxygen atoms in total. The van der Waals surface area contributed by atoms with Crippen LogP contribution in [0.1, 0.15) is 43.9 Å². The van der Waals surface area contributed by atoms with Crippen molar-refractivity contribution in [2.45, 2.75) is 46.0 Å². The molecule has 0 bridgehead atoms. The van der Waals surface area contributed by atoms with E-state index in [1.807, 2.05) is 6.92 Å². The summed E-state index contributed by atoms with van der Waals surface area (Å²) in [5.41, 5.74) is 8.10. The third-order valence-corrected chi connectivity index (χ3v) is 3.08. The first-order chi connectivity index (χ1) is 8.24. The van der Waals surface area contributed by atoms with E-state index >= 15 is 0 Å². The molecule has 0 aliphatic carbocycles. The van der Waals surface area contributed by atoms with Crippen LogP contribution in [0, 0.1) is 6.92 Å². The summed E-state index contributed by atoms with van der Waals surface area (Å²) in [5.74, 6) is 1.25. The number of aryl methyl sites for hydroxylation is 1. The van der Waals surface area contributed by atoms with E-state index in [0.29, 0.717) is 11.6 Å². The summed E-state index contributed by atoms with van der Waals surface area (Å²) < 4.78 is 1.59. The van der Waals surface area contributed by atoms with Crippen LogP contribution >= 0.6 is 0 Å². The Kier molecular flexibility index (Phi) is 3.56. The maximum atomic E-state index is 6.01. The molecular formula is C12H19N5. The van der Waals surface area contributed by atoms with Gasteiger partial charge < -0.3 is 5.73 Å². The molecule has 0 saturated heterocycles. The van der Waals surface area contributed by atoms with Crippen LogP contribution < -0.4 is 5.73 Å². The molecule has 0 aliphatic heterocycles. The number of aromatic nitrogens is 4. The number of nitrogen functional groups attached to an aromatic ring is 1. The van der Waals surface area contributed by atoms with Crippen molar-refractivity contribution in [1.82, 2.24) is 19.6 Å². The lowest BCUT2D eigenvalue weighted by Crippen LogP contribution is -2.07. The molecule has 0 amide bonds. The fourth-order valence-electron chi connectivity index (χ4n) is 1.96. The predicted octanol–water partition coefficient (Wildman–Crippen LogP) is 2.14. The highest BCUT2D eigenvalue weighted by atomic mass is 15.3. The summed E-state index contributed by atoms with van der Waals surface area (Å²) in [4.78, 5) is 8.59. The maximum absolute atomic E-state index is 6.01. The number of rotatable bonds is 5. The number of hydrogen-bond acceptors (Lipinski definition) is 4. The van der Waals surface area contributed by atoms with Gasteiger partial charge in [-0.15, -0.1) is 0 Å². The fraction of sp³-hybridized carbons (Fsp3) is 0.583. The van der Waals surface area contributed by atoms with E-state index in [1.165, 1.54) is 25.6 Å². The van der Waals surface area contributed by atoms with E-state index in [-0.39, 0.29) is 0 Å². The molecule has 2 rings (SSSR count). The molecule has 0 unspecified atom stereocenters. The minimum Gasteiger partial charge on any atom is -0.383 e. The Morgan fingerprint density at radius 1 is 1.29 bits per heavy atom. The third kappa shape index (κ3) is 2.38. The second-order valence-electron chi connectivity index (χ2n) is 4.35. The fourth-order valence-corrected chi connectivity index (χ4v) is 1.96. The summed E-state index contributed by atoms with van der Waals surface area (Å²) in [6.07, 6.45) is 7.39. The second kappa shape index (κ2) is 5.12. The van der Waals surface area contributed by atoms with Gasteiger partial charge in [-0.05, 0) is 19.8 Å². The summed E-state index contributed by atoms with van der Waals surface area (Å²) in [6.45, 7) is 4.21. The van der Waals surface area contributed by atoms with Crippen LogP contribution in [0.5, 0.6) is 0 Å². The zero-order valence-corrected chi connectivity index (χ0v) is 10.5. The van der Waals surface area contributed by atoms with Crippen molar-refractivity contribution in [3.8, 4) is 0 Å². The van der Waals surface area contributed by atoms with Crippen LogP contribution in [-0.2, 0) is 6.42 Å². The lowest BCUT2D eigenvalue weighted by atomic mass is 10.1. The van der Waals surface area contributed by atoms with Gasteiger partial charge in [0, 0.05) is 5.56 Å². The van der Waals surface area contributed by atoms with Crippen LogP contribution in [0.25, 0.3) is 5.78 Å². The van der Waals surface area contributed by atoms with E-state index in [4.69, 9.17) is 5.73 Å². The first kappa shape index (κ1) is 11.8. The standard InChI is InChI=1S/C12H19N5/c1-3-4-5-6-7-10-9(2)11(13)17-12(16-10)14-8-15-17/h8H,3-7,13H2,1-2H3. The average Bonchev–Trinajstić information content (AvgIpc) is 2.79. The molecule has 2 N–H and O–H groups in total. The Morgan fingerprint density at radius 2 is 2.12 bits per heavy atom. The molecule has 0 aromatic carbocycles. The second-order valence-corrected chi connectivity index (χ2v) is 4.35. The highest BCUT2D eigenvalue weighted by molar-refractivity contribution is 5.48. The number of nitrogens with zero attached hydrogens (tertiary/aromatic N) is 4. The lowest BCUT2D eigenvalue weighted by molar-refractivity contribution is 0.658. The Balaban J connectivity index is 2.19. The van der Waals surface area contributed by atoms with Crippen molar-refractivity contribution < 1.29 is 0 Å². The molecular weight excluding hydrogens is 214 g/mol. The van der Waals surface area contributed by atoms with Gasteiger partial charge >= 0.3 is 0 Å². The van der Waals surface area contributed by atoms with E-state index < -0.39 is 0 Å². The SMILES string of the molecule is CCCCCCc1nc2ncnn2c(N)c1C. The maximum Gasteiger partial charge on any atom is 0.254 e. The number of nitrogens with two attached hydrogens (primary N) is 1. The smallest absolute Gasteiger partial charge is 0.254 e. The summed E-state index contributed by atoms with van der Waals surface area (Å²) in [5, 5.41) is 4.05. The summed E-state index contributed by atoms with van der Waals surface area (Å²) in [6, 6.07) is 0. The summed E-state index contributed by atoms with van der Waals surface area (Å²) in [7, 11) is 0. The van der Waals surface area contributed by atoms with Gasteiger partial charge in [0.25, 0.3) is 5.78 Å². The molecule has 92 valence electrons. The topological polar surface area (TPSA) is 69.1 Å². The van der Waals surface area contributed by atoms with E-state index in [9.17, 15) is 0 Å². The van der Waals surface area contributed by atoms with Crippen LogP contribution in [0.15, 0.2) is 6.33 Å². The minimum absolute atomic E-state index is 0.596. The van der Waals surface area contributed by atoms with Crippen LogP contribution in [0.2, 0.25) is 0 Å². The van der Waals surface area contributed by atoms with E-state index in [2.05, 4.69) is 22.0 Å². The Morgan fingerprint density at radius 3 is 2.88 bits per heavy atom. The van der Waals surface area contributed by atoms with Gasteiger partial charge in [0.2, 0.25) is 0 Å². The van der Waals surface area contributed by atoms with E-state index in [0.717, 1.165) is 24.1 Å². The molecule has 0 radical (unpaired) electrons. The Hall–Kier alpha value is -1.65. The van der Waals surface area contributed by atoms with Crippen molar-refractivity contribution in [3.05, 3.63) is 17.6 Å². The quantitative estimate of drug-likeness (QED) is 0.803. The Bertz CT molecular complexity index is 503. The van der Waals surface area contributed by atoms with Crippen molar-refractivity contribution >= 4 is 11.6 Å². The number of unbranched alkanes of at least 4 members (excludes halogenated alkanes) is 3. The molecule has 0 aliphatic rings. The van der Waals surface area contributed by atoms with Crippen molar-refractivity contribution in [2.75, 3.05) is 5.73 Å². The zero-order valence-electron chi connectivity index (χ0n) is 10.5. The third-order valence-electron chi connectivity index (χ3n) is 3.08. The van der Waals surface area contributed by atoms with Gasteiger partial charge in [0.15, 0.2) is 0 Å². The minimum atomic E-state index is 0.596. The van der Waals surface area contributed by atoms with Crippen molar-refractivity contribution in [3.63, 3.8) is 0 Å². The predicted molar refractivity (Wildman–Crippen MR) is 67.8 cm³/mol. The highest BCUT2D eigenvalue weighted by Gasteiger charge is 2.10. The van der Waals surface area contributed by atoms with Gasteiger partial charge in [-0.1, -0.05) is 26.2 Å². The van der Waals surface area contributed by atoms with Gasteiger partial charge in [-0.3, -0.25) is 0 Å². The first-order valence-electron chi connectivity index (χ1n) is 6.18. The number of anilines is 1. The number of hydrogen-bond donors (Lipinski definition) is 1. The normalized spacial score (nSPS) is 11.2. The average molecular weight is 233 g/mol. The van der Waals surface area contributed by atoms with Gasteiger partial charge in [0.05, 0.1) is 5.69 Å². The number of fused-ring (bicyclic) bond motifs is 1. The molecule has 0 atom stereocenters. The molecule has 0 saturated carbocycles. The monoisotopic (exact) mass is 233 g/mol. The Labute approximate surface area is 101 Å². The van der Waals surface area contributed by atoms with Crippen molar-refractivity contribution in [1.29, 1.82) is 0 Å². The largest absolute Gasteiger partial charge is 0.383 e. The molecule has 2 heterocycles. The van der Waals surface area contributed by atoms with Crippen LogP contribution in [-0.4, -0.2) is 19.6 Å². The van der Waals surface area contributed by atoms with E-state index in [1.54, 1.807) is 4.52 Å². The first-order valence-corrected chi connectivity index (χ1v) is 6.18. The molecule has 0 spiro atoms.